The molecule has 1 aromatic carbocycles. The molecule has 1 rings (SSSR count). The first-order valence-electron chi connectivity index (χ1n) is 5.28. The van der Waals surface area contributed by atoms with Crippen LogP contribution in [0.25, 0.3) is 6.08 Å². The number of carbonyl (C=O) groups is 1. The van der Waals surface area contributed by atoms with Gasteiger partial charge in [-0.15, -0.1) is 0 Å². The molecule has 0 fully saturated rings. The number of phenols is 1. The van der Waals surface area contributed by atoms with Crippen molar-refractivity contribution in [2.24, 2.45) is 0 Å². The van der Waals surface area contributed by atoms with E-state index in [0.29, 0.717) is 5.75 Å². The minimum atomic E-state index is 0.0204. The van der Waals surface area contributed by atoms with E-state index in [2.05, 4.69) is 0 Å². The molecule has 1 aromatic rings. The lowest BCUT2D eigenvalue weighted by molar-refractivity contribution is -0.107. The maximum absolute atomic E-state index is 11.4. The number of ether oxygens (including phenoxy) is 1. The highest BCUT2D eigenvalue weighted by Gasteiger charge is 2.03. The van der Waals surface area contributed by atoms with E-state index in [9.17, 15) is 9.90 Å². The van der Waals surface area contributed by atoms with Crippen LogP contribution in [0.15, 0.2) is 24.3 Å². The molecule has 0 atom stereocenters. The second-order valence-corrected chi connectivity index (χ2v) is 5.33. The largest absolute Gasteiger partial charge is 0.504 e. The molecule has 0 aliphatic carbocycles. The van der Waals surface area contributed by atoms with Crippen LogP contribution in [0.4, 0.5) is 0 Å². The number of methoxy groups -OCH3 is 1. The smallest absolute Gasteiger partial charge is 0.212 e. The number of thioether (sulfide) groups is 1. The van der Waals surface area contributed by atoms with E-state index in [0.717, 1.165) is 5.56 Å². The molecule has 17 heavy (non-hydrogen) atoms. The molecule has 0 bridgehead atoms. The summed E-state index contributed by atoms with van der Waals surface area (Å²) in [4.78, 5) is 11.4. The number of rotatable bonds is 4. The minimum absolute atomic E-state index is 0.0204. The van der Waals surface area contributed by atoms with E-state index in [-0.39, 0.29) is 16.1 Å². The van der Waals surface area contributed by atoms with E-state index < -0.39 is 0 Å². The van der Waals surface area contributed by atoms with E-state index in [1.165, 1.54) is 24.9 Å². The summed E-state index contributed by atoms with van der Waals surface area (Å²) in [7, 11) is 1.49. The molecule has 0 aliphatic heterocycles. The number of aromatic hydroxyl groups is 1. The van der Waals surface area contributed by atoms with Crippen molar-refractivity contribution in [3.8, 4) is 11.5 Å². The minimum Gasteiger partial charge on any atom is -0.504 e. The predicted octanol–water partition coefficient (Wildman–Crippen LogP) is 3.08. The molecule has 92 valence electrons. The second-order valence-electron chi connectivity index (χ2n) is 3.75. The quantitative estimate of drug-likeness (QED) is 0.836. The van der Waals surface area contributed by atoms with Gasteiger partial charge in [-0.2, -0.15) is 0 Å². The number of phenolic OH excluding ortho intramolecular Hbond substituents is 1. The van der Waals surface area contributed by atoms with Gasteiger partial charge in [0.2, 0.25) is 5.12 Å². The summed E-state index contributed by atoms with van der Waals surface area (Å²) in [6.45, 7) is 3.94. The van der Waals surface area contributed by atoms with Crippen molar-refractivity contribution in [2.75, 3.05) is 7.11 Å². The summed E-state index contributed by atoms with van der Waals surface area (Å²) in [6.07, 6.45) is 3.23. The van der Waals surface area contributed by atoms with Crippen molar-refractivity contribution >= 4 is 23.0 Å². The molecule has 0 saturated carbocycles. The zero-order chi connectivity index (χ0) is 12.8. The Morgan fingerprint density at radius 2 is 2.18 bits per heavy atom. The van der Waals surface area contributed by atoms with Gasteiger partial charge in [0, 0.05) is 5.25 Å². The summed E-state index contributed by atoms with van der Waals surface area (Å²) < 4.78 is 4.98. The average Bonchev–Trinajstić information content (AvgIpc) is 2.27. The normalized spacial score (nSPS) is 11.1. The molecule has 0 heterocycles. The summed E-state index contributed by atoms with van der Waals surface area (Å²) in [5.74, 6) is 0.489. The standard InChI is InChI=1S/C13H16O3S/c1-9(2)17-13(15)7-5-10-4-6-11(14)12(8-10)16-3/h4-9,14H,1-3H3/b7-5+. The summed E-state index contributed by atoms with van der Waals surface area (Å²) in [6, 6.07) is 4.94. The molecule has 1 N–H and O–H groups in total. The number of carbonyl (C=O) groups excluding carboxylic acids is 1. The van der Waals surface area contributed by atoms with Gasteiger partial charge in [0.1, 0.15) is 0 Å². The molecule has 0 aliphatic rings. The Balaban J connectivity index is 2.74. The van der Waals surface area contributed by atoms with Gasteiger partial charge in [-0.3, -0.25) is 4.79 Å². The lowest BCUT2D eigenvalue weighted by Crippen LogP contribution is -1.93. The Morgan fingerprint density at radius 1 is 1.47 bits per heavy atom. The van der Waals surface area contributed by atoms with E-state index in [1.54, 1.807) is 24.3 Å². The zero-order valence-electron chi connectivity index (χ0n) is 10.1. The third-order valence-corrected chi connectivity index (χ3v) is 2.81. The highest BCUT2D eigenvalue weighted by Crippen LogP contribution is 2.26. The lowest BCUT2D eigenvalue weighted by atomic mass is 10.2. The first-order valence-corrected chi connectivity index (χ1v) is 6.16. The van der Waals surface area contributed by atoms with Crippen LogP contribution in [0.1, 0.15) is 19.4 Å². The molecule has 4 heteroatoms. The SMILES string of the molecule is COc1cc(/C=C/C(=O)SC(C)C)ccc1O. The molecule has 0 saturated heterocycles. The summed E-state index contributed by atoms with van der Waals surface area (Å²) in [5.41, 5.74) is 0.817. The van der Waals surface area contributed by atoms with Crippen LogP contribution in [-0.2, 0) is 4.79 Å². The Bertz CT molecular complexity index is 425. The monoisotopic (exact) mass is 252 g/mol. The van der Waals surface area contributed by atoms with Crippen molar-refractivity contribution < 1.29 is 14.6 Å². The molecular weight excluding hydrogens is 236 g/mol. The summed E-state index contributed by atoms with van der Waals surface area (Å²) >= 11 is 1.28. The molecule has 0 unspecified atom stereocenters. The fourth-order valence-corrected chi connectivity index (χ4v) is 1.84. The molecule has 0 amide bonds. The van der Waals surface area contributed by atoms with Crippen molar-refractivity contribution in [2.45, 2.75) is 19.1 Å². The molecule has 0 aromatic heterocycles. The highest BCUT2D eigenvalue weighted by atomic mass is 32.2. The van der Waals surface area contributed by atoms with Crippen molar-refractivity contribution in [1.82, 2.24) is 0 Å². The fraction of sp³-hybridized carbons (Fsp3) is 0.308. The number of benzene rings is 1. The first-order chi connectivity index (χ1) is 8.02. The van der Waals surface area contributed by atoms with Crippen LogP contribution in [-0.4, -0.2) is 22.6 Å². The van der Waals surface area contributed by atoms with Crippen molar-refractivity contribution in [3.05, 3.63) is 29.8 Å². The maximum atomic E-state index is 11.4. The van der Waals surface area contributed by atoms with Crippen LogP contribution in [0.2, 0.25) is 0 Å². The first kappa shape index (κ1) is 13.6. The Morgan fingerprint density at radius 3 is 2.76 bits per heavy atom. The fourth-order valence-electron chi connectivity index (χ4n) is 1.23. The third-order valence-electron chi connectivity index (χ3n) is 1.97. The Hall–Kier alpha value is -1.42. The van der Waals surface area contributed by atoms with Crippen LogP contribution in [0.3, 0.4) is 0 Å². The third kappa shape index (κ3) is 4.53. The van der Waals surface area contributed by atoms with Crippen LogP contribution in [0.5, 0.6) is 11.5 Å². The zero-order valence-corrected chi connectivity index (χ0v) is 11.0. The van der Waals surface area contributed by atoms with Crippen LogP contribution < -0.4 is 4.74 Å². The topological polar surface area (TPSA) is 46.5 Å². The molecule has 0 radical (unpaired) electrons. The van der Waals surface area contributed by atoms with Gasteiger partial charge in [0.15, 0.2) is 11.5 Å². The van der Waals surface area contributed by atoms with E-state index >= 15 is 0 Å². The van der Waals surface area contributed by atoms with Crippen molar-refractivity contribution in [3.63, 3.8) is 0 Å². The van der Waals surface area contributed by atoms with Crippen LogP contribution in [0, 0.1) is 0 Å². The average molecular weight is 252 g/mol. The van der Waals surface area contributed by atoms with E-state index in [1.807, 2.05) is 13.8 Å². The number of hydrogen-bond acceptors (Lipinski definition) is 4. The van der Waals surface area contributed by atoms with Gasteiger partial charge in [0.25, 0.3) is 0 Å². The van der Waals surface area contributed by atoms with Gasteiger partial charge < -0.3 is 9.84 Å². The summed E-state index contributed by atoms with van der Waals surface area (Å²) in [5, 5.41) is 9.71. The molecular formula is C13H16O3S. The van der Waals surface area contributed by atoms with E-state index in [4.69, 9.17) is 4.74 Å². The molecule has 3 nitrogen and oxygen atoms in total. The second kappa shape index (κ2) is 6.35. The van der Waals surface area contributed by atoms with Crippen molar-refractivity contribution in [1.29, 1.82) is 0 Å². The van der Waals surface area contributed by atoms with Gasteiger partial charge in [0.05, 0.1) is 7.11 Å². The Kier molecular flexibility index (Phi) is 5.10. The Labute approximate surface area is 105 Å². The van der Waals surface area contributed by atoms with Gasteiger partial charge in [-0.25, -0.2) is 0 Å². The highest BCUT2D eigenvalue weighted by molar-refractivity contribution is 8.14. The lowest BCUT2D eigenvalue weighted by Gasteiger charge is -2.03. The van der Waals surface area contributed by atoms with Gasteiger partial charge >= 0.3 is 0 Å². The van der Waals surface area contributed by atoms with Gasteiger partial charge in [-0.1, -0.05) is 37.8 Å². The molecule has 0 spiro atoms. The van der Waals surface area contributed by atoms with Crippen LogP contribution >= 0.6 is 11.8 Å². The predicted molar refractivity (Wildman–Crippen MR) is 71.4 cm³/mol. The maximum Gasteiger partial charge on any atom is 0.212 e. The van der Waals surface area contributed by atoms with Gasteiger partial charge in [-0.05, 0) is 23.8 Å². The number of hydrogen-bond donors (Lipinski definition) is 1.